The molecule has 0 saturated heterocycles. The highest BCUT2D eigenvalue weighted by Crippen LogP contribution is 2.57. The predicted molar refractivity (Wildman–Crippen MR) is 276 cm³/mol. The van der Waals surface area contributed by atoms with Crippen molar-refractivity contribution in [3.63, 3.8) is 0 Å². The van der Waals surface area contributed by atoms with E-state index in [-0.39, 0.29) is 109 Å². The smallest absolute Gasteiger partial charge is 0.416 e. The molecule has 410 valence electrons. The van der Waals surface area contributed by atoms with E-state index in [1.54, 1.807) is 24.3 Å². The minimum absolute atomic E-state index is 0.0885. The minimum atomic E-state index is -5.65. The maximum atomic E-state index is 15.2. The normalized spacial score (nSPS) is 15.8. The monoisotopic (exact) mass is 1120 g/mol. The summed E-state index contributed by atoms with van der Waals surface area (Å²) in [4.78, 5) is 16.3. The van der Waals surface area contributed by atoms with Gasteiger partial charge < -0.3 is 35.5 Å². The van der Waals surface area contributed by atoms with Gasteiger partial charge in [-0.2, -0.15) is 52.7 Å². The Morgan fingerprint density at radius 1 is 0.383 bits per heavy atom. The fourth-order valence-corrected chi connectivity index (χ4v) is 10.5. The van der Waals surface area contributed by atoms with Gasteiger partial charge in [-0.25, -0.2) is 4.98 Å². The fraction of sp³-hybridized carbons (Fsp3) is 0.100. The van der Waals surface area contributed by atoms with Crippen LogP contribution in [0.3, 0.4) is 0 Å². The van der Waals surface area contributed by atoms with Crippen molar-refractivity contribution in [1.82, 2.24) is 19.9 Å². The number of nitrogens with zero attached hydrogens (tertiary/aromatic N) is 2. The summed E-state index contributed by atoms with van der Waals surface area (Å²) in [7, 11) is 0. The maximum absolute atomic E-state index is 15.2. The van der Waals surface area contributed by atoms with Gasteiger partial charge in [0.15, 0.2) is 0 Å². The zero-order valence-corrected chi connectivity index (χ0v) is 40.9. The van der Waals surface area contributed by atoms with Crippen molar-refractivity contribution in [3.05, 3.63) is 214 Å². The predicted octanol–water partition coefficient (Wildman–Crippen LogP) is 16.1. The van der Waals surface area contributed by atoms with Crippen LogP contribution in [-0.2, 0) is 30.3 Å². The summed E-state index contributed by atoms with van der Waals surface area (Å²) in [6, 6.07) is 27.0. The Hall–Kier alpha value is -9.50. The van der Waals surface area contributed by atoms with E-state index in [0.717, 1.165) is 12.1 Å². The quantitative estimate of drug-likeness (QED) is 0.0817. The summed E-state index contributed by atoms with van der Waals surface area (Å²) in [5.41, 5.74) is -15.8. The van der Waals surface area contributed by atoms with E-state index < -0.39 is 98.1 Å². The van der Waals surface area contributed by atoms with Crippen molar-refractivity contribution in [2.75, 3.05) is 0 Å². The number of fused-ring (bicyclic) bond motifs is 8. The van der Waals surface area contributed by atoms with Crippen LogP contribution in [0.4, 0.5) is 52.7 Å². The molecule has 9 aromatic rings. The van der Waals surface area contributed by atoms with Gasteiger partial charge in [0.2, 0.25) is 0 Å². The highest BCUT2D eigenvalue weighted by molar-refractivity contribution is 5.98. The van der Waals surface area contributed by atoms with Gasteiger partial charge in [0, 0.05) is 44.3 Å². The van der Waals surface area contributed by atoms with Gasteiger partial charge in [0.1, 0.15) is 28.6 Å². The highest BCUT2D eigenvalue weighted by Gasteiger charge is 2.54. The largest absolute Gasteiger partial charge is 0.508 e. The van der Waals surface area contributed by atoms with Crippen LogP contribution in [0.15, 0.2) is 158 Å². The molecule has 2 unspecified atom stereocenters. The van der Waals surface area contributed by atoms with Crippen LogP contribution in [0.1, 0.15) is 62.1 Å². The summed E-state index contributed by atoms with van der Waals surface area (Å²) < 4.78 is 182. The number of aromatic nitrogens is 4. The summed E-state index contributed by atoms with van der Waals surface area (Å²) in [6.45, 7) is 0. The molecular weight excluding hydrogens is 1080 g/mol. The van der Waals surface area contributed by atoms with Crippen LogP contribution in [0, 0.1) is 0 Å². The Kier molecular flexibility index (Phi) is 12.6. The Morgan fingerprint density at radius 2 is 0.716 bits per heavy atom. The molecule has 0 saturated carbocycles. The molecule has 6 aromatic carbocycles. The molecule has 2 aliphatic heterocycles. The zero-order chi connectivity index (χ0) is 57.7. The third-order valence-electron chi connectivity index (χ3n) is 13.9. The second kappa shape index (κ2) is 19.1. The van der Waals surface area contributed by atoms with Gasteiger partial charge in [-0.15, -0.1) is 0 Å². The number of benzene rings is 6. The Labute approximate surface area is 448 Å². The van der Waals surface area contributed by atoms with Gasteiger partial charge in [0.05, 0.1) is 50.9 Å². The standard InChI is InChI=1S/C60H36F12N4O5/c61-57(62,63)35-19-33(20-36(27-35)58(64,65)66)53-54-51(31-7-3-11-41(79)23-31)47-17-15-45(74-47)49(29-5-1-9-39(77)21-29)43-13-14-44(73-43)50(30-6-2-10-40(78)22-30)46-16-18-48(75-46)52(32-8-4-12-42(80)24-32)55(76-54)56(53,81)34-25-37(59(67,68)69)28-38(26-34)60(70,71)72/h1-28,53,74-75,77-81H. The minimum Gasteiger partial charge on any atom is -0.508 e. The van der Waals surface area contributed by atoms with Crippen molar-refractivity contribution in [3.8, 4) is 67.5 Å². The molecule has 8 bridgehead atoms. The number of aromatic amines is 2. The molecule has 3 aromatic heterocycles. The number of alkyl halides is 12. The molecule has 0 spiro atoms. The Morgan fingerprint density at radius 3 is 1.09 bits per heavy atom. The lowest BCUT2D eigenvalue weighted by molar-refractivity contribution is -0.145. The molecule has 9 nitrogen and oxygen atoms in total. The van der Waals surface area contributed by atoms with Gasteiger partial charge in [-0.3, -0.25) is 4.98 Å². The lowest BCUT2D eigenvalue weighted by Crippen LogP contribution is -2.34. The van der Waals surface area contributed by atoms with E-state index in [2.05, 4.69) is 9.97 Å². The second-order valence-electron chi connectivity index (χ2n) is 19.2. The fourth-order valence-electron chi connectivity index (χ4n) is 10.5. The number of hydrogen-bond acceptors (Lipinski definition) is 7. The van der Waals surface area contributed by atoms with Crippen LogP contribution < -0.4 is 0 Å². The van der Waals surface area contributed by atoms with Crippen LogP contribution in [-0.4, -0.2) is 45.5 Å². The summed E-state index contributed by atoms with van der Waals surface area (Å²) in [5, 5.41) is 58.1. The molecule has 0 aliphatic carbocycles. The molecule has 2 atom stereocenters. The Balaban J connectivity index is 1.46. The van der Waals surface area contributed by atoms with E-state index >= 15 is 52.7 Å². The number of rotatable bonds is 6. The molecule has 7 N–H and O–H groups in total. The first-order chi connectivity index (χ1) is 38.1. The SMILES string of the molecule is Oc1cccc(-c2c3nc(c(-c4cccc(O)c4)c4ccc([nH]4)c(-c4cccc(O)c4)c4nc(c(-c5cccc(O)c5)c5ccc2[nH]5)C(c2cc(C(F)(F)F)cc(C(F)(F)F)c2)C4(O)c2cc(C(F)(F)F)cc(C(F)(F)F)c2)C=C3)c1. The average Bonchev–Trinajstić information content (AvgIpc) is 3.25. The molecule has 2 aliphatic rings. The van der Waals surface area contributed by atoms with Gasteiger partial charge in [0.25, 0.3) is 0 Å². The number of aromatic hydroxyl groups is 4. The first kappa shape index (κ1) is 53.5. The number of phenolic OH excluding ortho intramolecular Hbond substituents is 4. The third-order valence-corrected chi connectivity index (χ3v) is 13.9. The van der Waals surface area contributed by atoms with E-state index in [0.29, 0.717) is 11.1 Å². The molecule has 21 heteroatoms. The van der Waals surface area contributed by atoms with E-state index in [9.17, 15) is 25.5 Å². The van der Waals surface area contributed by atoms with Crippen molar-refractivity contribution in [2.45, 2.75) is 36.2 Å². The van der Waals surface area contributed by atoms with E-state index in [1.807, 2.05) is 0 Å². The first-order valence-corrected chi connectivity index (χ1v) is 24.1. The topological polar surface area (TPSA) is 159 Å². The van der Waals surface area contributed by atoms with Crippen LogP contribution in [0.25, 0.3) is 78.7 Å². The summed E-state index contributed by atoms with van der Waals surface area (Å²) >= 11 is 0. The number of phenols is 4. The van der Waals surface area contributed by atoms with Crippen LogP contribution in [0.5, 0.6) is 23.0 Å². The average molecular weight is 1120 g/mol. The van der Waals surface area contributed by atoms with Crippen LogP contribution in [0.2, 0.25) is 0 Å². The zero-order valence-electron chi connectivity index (χ0n) is 40.9. The maximum Gasteiger partial charge on any atom is 0.416 e. The van der Waals surface area contributed by atoms with E-state index in [1.165, 1.54) is 97.1 Å². The lowest BCUT2D eigenvalue weighted by Gasteiger charge is -2.34. The van der Waals surface area contributed by atoms with Gasteiger partial charge >= 0.3 is 24.7 Å². The van der Waals surface area contributed by atoms with Gasteiger partial charge in [-0.05, 0) is 155 Å². The van der Waals surface area contributed by atoms with Crippen molar-refractivity contribution in [1.29, 1.82) is 0 Å². The number of aliphatic hydroxyl groups is 1. The van der Waals surface area contributed by atoms with Crippen LogP contribution >= 0.6 is 0 Å². The summed E-state index contributed by atoms with van der Waals surface area (Å²) in [5.74, 6) is -4.12. The van der Waals surface area contributed by atoms with Gasteiger partial charge in [-0.1, -0.05) is 48.5 Å². The molecular formula is C60H36F12N4O5. The number of H-pyrrole nitrogens is 2. The number of hydrogen-bond donors (Lipinski definition) is 7. The molecule has 81 heavy (non-hydrogen) atoms. The van der Waals surface area contributed by atoms with Crippen molar-refractivity contribution < 1.29 is 78.2 Å². The Bertz CT molecular complexity index is 4170. The molecule has 0 radical (unpaired) electrons. The molecule has 5 heterocycles. The molecule has 11 rings (SSSR count). The first-order valence-electron chi connectivity index (χ1n) is 24.1. The lowest BCUT2D eigenvalue weighted by atomic mass is 9.72. The van der Waals surface area contributed by atoms with Crippen molar-refractivity contribution in [2.24, 2.45) is 0 Å². The molecule has 0 fully saturated rings. The van der Waals surface area contributed by atoms with Crippen molar-refractivity contribution >= 4 is 34.2 Å². The third kappa shape index (κ3) is 9.82. The number of halogens is 12. The van der Waals surface area contributed by atoms with E-state index in [4.69, 9.17) is 9.97 Å². The number of nitrogens with one attached hydrogen (secondary N) is 2. The second-order valence-corrected chi connectivity index (χ2v) is 19.2. The highest BCUT2D eigenvalue weighted by atomic mass is 19.4. The molecule has 0 amide bonds. The summed E-state index contributed by atoms with van der Waals surface area (Å²) in [6.07, 6.45) is -19.3.